The van der Waals surface area contributed by atoms with E-state index in [4.69, 9.17) is 14.5 Å². The molecule has 1 amide bonds. The lowest BCUT2D eigenvalue weighted by molar-refractivity contribution is -0.120. The summed E-state index contributed by atoms with van der Waals surface area (Å²) >= 11 is 1.48. The Bertz CT molecular complexity index is 1190. The van der Waals surface area contributed by atoms with Crippen LogP contribution in [0.25, 0.3) is 10.2 Å². The summed E-state index contributed by atoms with van der Waals surface area (Å²) in [4.78, 5) is 23.7. The van der Waals surface area contributed by atoms with Gasteiger partial charge in [0, 0.05) is 25.5 Å². The monoisotopic (exact) mass is 500 g/mol. The maximum atomic E-state index is 13.2. The molecule has 0 fully saturated rings. The Balaban J connectivity index is 0.00000324. The average Bonchev–Trinajstić information content (AvgIpc) is 3.49. The molecule has 0 aliphatic rings. The van der Waals surface area contributed by atoms with Crippen LogP contribution in [0.2, 0.25) is 0 Å². The number of fused-ring (bicyclic) bond motifs is 1. The summed E-state index contributed by atoms with van der Waals surface area (Å²) in [5, 5.41) is 0.660. The Morgan fingerprint density at radius 3 is 2.59 bits per heavy atom. The molecule has 0 saturated carbocycles. The number of halogens is 1. The molecule has 0 radical (unpaired) electrons. The van der Waals surface area contributed by atoms with Crippen molar-refractivity contribution in [3.05, 3.63) is 66.7 Å². The molecule has 0 atom stereocenters. The Morgan fingerprint density at radius 2 is 1.91 bits per heavy atom. The van der Waals surface area contributed by atoms with Gasteiger partial charge >= 0.3 is 0 Å². The van der Waals surface area contributed by atoms with Gasteiger partial charge in [-0.2, -0.15) is 0 Å². The van der Waals surface area contributed by atoms with Gasteiger partial charge in [0.25, 0.3) is 5.91 Å². The molecule has 34 heavy (non-hydrogen) atoms. The second-order valence-electron chi connectivity index (χ2n) is 8.04. The Labute approximate surface area is 209 Å². The van der Waals surface area contributed by atoms with E-state index in [2.05, 4.69) is 18.8 Å². The molecule has 4 aromatic rings. The zero-order chi connectivity index (χ0) is 23.2. The molecule has 0 spiro atoms. The zero-order valence-corrected chi connectivity index (χ0v) is 21.1. The highest BCUT2D eigenvalue weighted by molar-refractivity contribution is 7.22. The number of carbonyl (C=O) groups is 1. The van der Waals surface area contributed by atoms with Crippen molar-refractivity contribution in [2.24, 2.45) is 0 Å². The summed E-state index contributed by atoms with van der Waals surface area (Å²) in [5.41, 5.74) is 2.08. The van der Waals surface area contributed by atoms with Crippen molar-refractivity contribution >= 4 is 45.0 Å². The van der Waals surface area contributed by atoms with Gasteiger partial charge in [0.2, 0.25) is 0 Å². The lowest BCUT2D eigenvalue weighted by Gasteiger charge is -2.20. The summed E-state index contributed by atoms with van der Waals surface area (Å²) in [6.07, 6.45) is 6.22. The van der Waals surface area contributed by atoms with Crippen LogP contribution < -0.4 is 14.4 Å². The van der Waals surface area contributed by atoms with Gasteiger partial charge in [-0.15, -0.1) is 12.4 Å². The molecule has 7 nitrogen and oxygen atoms in total. The number of nitrogens with zero attached hydrogens (tertiary/aromatic N) is 4. The summed E-state index contributed by atoms with van der Waals surface area (Å²) in [6.45, 7) is 5.54. The number of carbonyl (C=O) groups excluding carboxylic acids is 1. The highest BCUT2D eigenvalue weighted by Gasteiger charge is 2.20. The molecule has 9 heteroatoms. The van der Waals surface area contributed by atoms with Gasteiger partial charge in [0.15, 0.2) is 11.7 Å². The van der Waals surface area contributed by atoms with E-state index in [1.54, 1.807) is 24.5 Å². The lowest BCUT2D eigenvalue weighted by Crippen LogP contribution is -2.36. The van der Waals surface area contributed by atoms with E-state index in [1.807, 2.05) is 53.2 Å². The first kappa shape index (κ1) is 25.5. The molecular formula is C25H29ClN4O3S. The number of hydrogen-bond donors (Lipinski definition) is 0. The van der Waals surface area contributed by atoms with E-state index in [0.717, 1.165) is 28.9 Å². The van der Waals surface area contributed by atoms with Crippen LogP contribution in [0.5, 0.6) is 11.5 Å². The van der Waals surface area contributed by atoms with Gasteiger partial charge in [-0.05, 0) is 48.2 Å². The van der Waals surface area contributed by atoms with Crippen molar-refractivity contribution in [1.82, 2.24) is 14.5 Å². The first-order valence-corrected chi connectivity index (χ1v) is 11.8. The van der Waals surface area contributed by atoms with Crippen LogP contribution in [0.4, 0.5) is 5.13 Å². The predicted molar refractivity (Wildman–Crippen MR) is 139 cm³/mol. The molecule has 0 aliphatic carbocycles. The number of benzene rings is 2. The topological polar surface area (TPSA) is 69.5 Å². The summed E-state index contributed by atoms with van der Waals surface area (Å²) < 4.78 is 14.1. The van der Waals surface area contributed by atoms with Crippen LogP contribution in [0.1, 0.15) is 31.7 Å². The summed E-state index contributed by atoms with van der Waals surface area (Å²) in [7, 11) is 1.64. The van der Waals surface area contributed by atoms with Crippen molar-refractivity contribution in [1.29, 1.82) is 0 Å². The average molecular weight is 501 g/mol. The molecule has 0 unspecified atom stereocenters. The number of ether oxygens (including phenoxy) is 2. The highest BCUT2D eigenvalue weighted by Crippen LogP contribution is 2.32. The number of rotatable bonds is 10. The SMILES string of the molecule is COc1ccc2nc(N(CCCn3ccnc3)C(=O)COc3ccc(C(C)C)cc3)sc2c1.Cl. The van der Waals surface area contributed by atoms with Gasteiger partial charge in [0.05, 0.1) is 23.7 Å². The molecule has 0 N–H and O–H groups in total. The summed E-state index contributed by atoms with van der Waals surface area (Å²) in [5.74, 6) is 1.77. The van der Waals surface area contributed by atoms with Crippen molar-refractivity contribution in [3.63, 3.8) is 0 Å². The third kappa shape index (κ3) is 6.27. The normalized spacial score (nSPS) is 10.8. The Hall–Kier alpha value is -3.10. The maximum Gasteiger partial charge on any atom is 0.266 e. The van der Waals surface area contributed by atoms with Gasteiger partial charge in [-0.3, -0.25) is 9.69 Å². The van der Waals surface area contributed by atoms with Crippen LogP contribution >= 0.6 is 23.7 Å². The molecule has 4 rings (SSSR count). The fourth-order valence-electron chi connectivity index (χ4n) is 3.46. The fraction of sp³-hybridized carbons (Fsp3) is 0.320. The second-order valence-corrected chi connectivity index (χ2v) is 9.05. The number of hydrogen-bond acceptors (Lipinski definition) is 6. The molecule has 0 bridgehead atoms. The Kier molecular flexibility index (Phi) is 8.90. The highest BCUT2D eigenvalue weighted by atomic mass is 35.5. The molecule has 0 saturated heterocycles. The van der Waals surface area contributed by atoms with Crippen LogP contribution in [0.15, 0.2) is 61.2 Å². The molecule has 2 aromatic heterocycles. The van der Waals surface area contributed by atoms with Crippen LogP contribution in [0, 0.1) is 0 Å². The quantitative estimate of drug-likeness (QED) is 0.285. The third-order valence-electron chi connectivity index (χ3n) is 5.38. The number of methoxy groups -OCH3 is 1. The van der Waals surface area contributed by atoms with Gasteiger partial charge in [-0.25, -0.2) is 9.97 Å². The number of aromatic nitrogens is 3. The fourth-order valence-corrected chi connectivity index (χ4v) is 4.50. The minimum atomic E-state index is -0.125. The van der Waals surface area contributed by atoms with E-state index >= 15 is 0 Å². The molecular weight excluding hydrogens is 472 g/mol. The predicted octanol–water partition coefficient (Wildman–Crippen LogP) is 5.55. The standard InChI is InChI=1S/C25H28N4O3S.ClH/c1-18(2)19-5-7-20(8-6-19)32-16-24(30)29(13-4-12-28-14-11-26-17-28)25-27-22-10-9-21(31-3)15-23(22)33-25;/h5-11,14-15,17-18H,4,12-13,16H2,1-3H3;1H. The number of imidazole rings is 1. The van der Waals surface area contributed by atoms with Crippen molar-refractivity contribution in [3.8, 4) is 11.5 Å². The summed E-state index contributed by atoms with van der Waals surface area (Å²) in [6, 6.07) is 13.6. The van der Waals surface area contributed by atoms with Gasteiger partial charge in [0.1, 0.15) is 11.5 Å². The smallest absolute Gasteiger partial charge is 0.266 e. The molecule has 0 aliphatic heterocycles. The van der Waals surface area contributed by atoms with Gasteiger partial charge in [-0.1, -0.05) is 37.3 Å². The molecule has 2 aromatic carbocycles. The Morgan fingerprint density at radius 1 is 1.15 bits per heavy atom. The third-order valence-corrected chi connectivity index (χ3v) is 6.42. The maximum absolute atomic E-state index is 13.2. The number of aryl methyl sites for hydroxylation is 1. The zero-order valence-electron chi connectivity index (χ0n) is 19.5. The van der Waals surface area contributed by atoms with Crippen molar-refractivity contribution in [2.75, 3.05) is 25.2 Å². The van der Waals surface area contributed by atoms with Crippen molar-refractivity contribution in [2.45, 2.75) is 32.7 Å². The second kappa shape index (κ2) is 11.9. The van der Waals surface area contributed by atoms with E-state index in [-0.39, 0.29) is 24.9 Å². The van der Waals surface area contributed by atoms with E-state index in [9.17, 15) is 4.79 Å². The first-order chi connectivity index (χ1) is 16.0. The van der Waals surface area contributed by atoms with Crippen LogP contribution in [-0.4, -0.2) is 40.7 Å². The first-order valence-electron chi connectivity index (χ1n) is 11.0. The number of thiazole rings is 1. The van der Waals surface area contributed by atoms with Crippen molar-refractivity contribution < 1.29 is 14.3 Å². The largest absolute Gasteiger partial charge is 0.497 e. The number of anilines is 1. The van der Waals surface area contributed by atoms with E-state index in [0.29, 0.717) is 23.3 Å². The van der Waals surface area contributed by atoms with Gasteiger partial charge < -0.3 is 14.0 Å². The minimum absolute atomic E-state index is 0. The minimum Gasteiger partial charge on any atom is -0.497 e. The van der Waals surface area contributed by atoms with E-state index in [1.165, 1.54) is 16.9 Å². The van der Waals surface area contributed by atoms with Crippen LogP contribution in [0.3, 0.4) is 0 Å². The lowest BCUT2D eigenvalue weighted by atomic mass is 10.0. The van der Waals surface area contributed by atoms with E-state index < -0.39 is 0 Å². The number of amides is 1. The molecule has 180 valence electrons. The molecule has 2 heterocycles. The van der Waals surface area contributed by atoms with Crippen LogP contribution in [-0.2, 0) is 11.3 Å².